The Morgan fingerprint density at radius 1 is 0.889 bits per heavy atom. The van der Waals surface area contributed by atoms with Crippen molar-refractivity contribution < 1.29 is 0 Å². The number of nitrogens with zero attached hydrogens (tertiary/aromatic N) is 1. The van der Waals surface area contributed by atoms with Gasteiger partial charge in [-0.15, -0.1) is 0 Å². The molecule has 0 heterocycles. The van der Waals surface area contributed by atoms with Gasteiger partial charge in [0.25, 0.3) is 0 Å². The van der Waals surface area contributed by atoms with Gasteiger partial charge in [0.15, 0.2) is 0 Å². The third-order valence-electron chi connectivity index (χ3n) is 4.79. The summed E-state index contributed by atoms with van der Waals surface area (Å²) in [6.45, 7) is 15.4. The highest BCUT2D eigenvalue weighted by atomic mass is 15.1. The van der Waals surface area contributed by atoms with Crippen LogP contribution in [0.1, 0.15) is 73.6 Å². The molecular weight excluding hydrogens is 218 g/mol. The molecule has 1 nitrogen and oxygen atoms in total. The van der Waals surface area contributed by atoms with Crippen molar-refractivity contribution in [2.45, 2.75) is 79.7 Å². The highest BCUT2D eigenvalue weighted by Gasteiger charge is 2.21. The van der Waals surface area contributed by atoms with Gasteiger partial charge in [-0.2, -0.15) is 0 Å². The fourth-order valence-corrected chi connectivity index (χ4v) is 2.55. The molecule has 1 heteroatoms. The second-order valence-corrected chi connectivity index (χ2v) is 6.59. The van der Waals surface area contributed by atoms with Gasteiger partial charge >= 0.3 is 0 Å². The second kappa shape index (κ2) is 9.83. The van der Waals surface area contributed by atoms with Gasteiger partial charge in [0.1, 0.15) is 0 Å². The molecule has 3 atom stereocenters. The molecule has 0 aliphatic rings. The van der Waals surface area contributed by atoms with Crippen LogP contribution in [0, 0.1) is 17.8 Å². The Hall–Kier alpha value is -0.0400. The summed E-state index contributed by atoms with van der Waals surface area (Å²) >= 11 is 0. The van der Waals surface area contributed by atoms with E-state index in [0.717, 1.165) is 23.8 Å². The van der Waals surface area contributed by atoms with E-state index in [-0.39, 0.29) is 0 Å². The van der Waals surface area contributed by atoms with Crippen molar-refractivity contribution in [3.63, 3.8) is 0 Å². The second-order valence-electron chi connectivity index (χ2n) is 6.59. The summed E-state index contributed by atoms with van der Waals surface area (Å²) in [5.41, 5.74) is 0. The summed E-state index contributed by atoms with van der Waals surface area (Å²) in [6.07, 6.45) is 6.69. The lowest BCUT2D eigenvalue weighted by Crippen LogP contribution is -2.37. The topological polar surface area (TPSA) is 3.24 Å². The Morgan fingerprint density at radius 2 is 1.50 bits per heavy atom. The molecule has 0 aromatic heterocycles. The van der Waals surface area contributed by atoms with E-state index >= 15 is 0 Å². The van der Waals surface area contributed by atoms with Gasteiger partial charge in [-0.05, 0) is 50.6 Å². The third kappa shape index (κ3) is 6.78. The summed E-state index contributed by atoms with van der Waals surface area (Å²) in [5.74, 6) is 2.51. The van der Waals surface area contributed by atoms with Crippen molar-refractivity contribution >= 4 is 0 Å². The van der Waals surface area contributed by atoms with Crippen LogP contribution in [-0.2, 0) is 0 Å². The molecule has 0 aliphatic carbocycles. The van der Waals surface area contributed by atoms with Crippen LogP contribution >= 0.6 is 0 Å². The van der Waals surface area contributed by atoms with E-state index in [9.17, 15) is 0 Å². The first-order valence-corrected chi connectivity index (χ1v) is 8.14. The zero-order valence-electron chi connectivity index (χ0n) is 14.0. The fourth-order valence-electron chi connectivity index (χ4n) is 2.55. The molecule has 0 aromatic carbocycles. The Labute approximate surface area is 116 Å². The van der Waals surface area contributed by atoms with E-state index in [1.165, 1.54) is 38.6 Å². The molecular formula is C17H37N. The molecule has 0 rings (SSSR count). The normalized spacial score (nSPS) is 17.2. The Bertz CT molecular complexity index is 188. The van der Waals surface area contributed by atoms with E-state index in [1.54, 1.807) is 0 Å². The Morgan fingerprint density at radius 3 is 1.94 bits per heavy atom. The Kier molecular flexibility index (Phi) is 9.81. The fraction of sp³-hybridized carbons (Fsp3) is 1.00. The van der Waals surface area contributed by atoms with Crippen LogP contribution in [0.2, 0.25) is 0 Å². The molecule has 0 saturated carbocycles. The van der Waals surface area contributed by atoms with Crippen molar-refractivity contribution in [1.82, 2.24) is 4.90 Å². The molecule has 0 spiro atoms. The monoisotopic (exact) mass is 255 g/mol. The standard InChI is InChI=1S/C17H37N/c1-8-10-13-18(7)17(15(5)9-2)12-11-16(6)14(3)4/h14-17H,8-13H2,1-7H3. The van der Waals surface area contributed by atoms with Crippen LogP contribution in [0.3, 0.4) is 0 Å². The molecule has 18 heavy (non-hydrogen) atoms. The van der Waals surface area contributed by atoms with E-state index in [2.05, 4.69) is 53.5 Å². The lowest BCUT2D eigenvalue weighted by atomic mass is 9.87. The first-order valence-electron chi connectivity index (χ1n) is 8.14. The molecule has 0 radical (unpaired) electrons. The maximum absolute atomic E-state index is 2.62. The summed E-state index contributed by atoms with van der Waals surface area (Å²) in [5, 5.41) is 0. The van der Waals surface area contributed by atoms with E-state index in [0.29, 0.717) is 0 Å². The van der Waals surface area contributed by atoms with E-state index in [1.807, 2.05) is 0 Å². The van der Waals surface area contributed by atoms with Crippen LogP contribution in [0.4, 0.5) is 0 Å². The van der Waals surface area contributed by atoms with E-state index < -0.39 is 0 Å². The summed E-state index contributed by atoms with van der Waals surface area (Å²) in [7, 11) is 2.33. The quantitative estimate of drug-likeness (QED) is 0.518. The van der Waals surface area contributed by atoms with Gasteiger partial charge in [0.05, 0.1) is 0 Å². The smallest absolute Gasteiger partial charge is 0.0118 e. The van der Waals surface area contributed by atoms with Gasteiger partial charge in [-0.25, -0.2) is 0 Å². The molecule has 0 aliphatic heterocycles. The number of unbranched alkanes of at least 4 members (excludes halogenated alkanes) is 1. The highest BCUT2D eigenvalue weighted by molar-refractivity contribution is 4.75. The van der Waals surface area contributed by atoms with Gasteiger partial charge in [-0.1, -0.05) is 54.4 Å². The van der Waals surface area contributed by atoms with Crippen molar-refractivity contribution in [1.29, 1.82) is 0 Å². The van der Waals surface area contributed by atoms with Gasteiger partial charge in [0.2, 0.25) is 0 Å². The first-order chi connectivity index (χ1) is 8.43. The molecule has 3 unspecified atom stereocenters. The van der Waals surface area contributed by atoms with Crippen LogP contribution in [0.15, 0.2) is 0 Å². The minimum absolute atomic E-state index is 0.780. The lowest BCUT2D eigenvalue weighted by Gasteiger charge is -2.33. The van der Waals surface area contributed by atoms with Gasteiger partial charge in [0, 0.05) is 6.04 Å². The lowest BCUT2D eigenvalue weighted by molar-refractivity contribution is 0.155. The summed E-state index contributed by atoms with van der Waals surface area (Å²) in [4.78, 5) is 2.62. The number of rotatable bonds is 10. The predicted octanol–water partition coefficient (Wildman–Crippen LogP) is 5.21. The zero-order valence-corrected chi connectivity index (χ0v) is 14.0. The SMILES string of the molecule is CCCCN(C)C(CCC(C)C(C)C)C(C)CC. The largest absolute Gasteiger partial charge is 0.303 e. The van der Waals surface area contributed by atoms with Crippen LogP contribution in [0.5, 0.6) is 0 Å². The van der Waals surface area contributed by atoms with Gasteiger partial charge < -0.3 is 4.90 Å². The van der Waals surface area contributed by atoms with Crippen LogP contribution in [-0.4, -0.2) is 24.5 Å². The van der Waals surface area contributed by atoms with Crippen LogP contribution in [0.25, 0.3) is 0 Å². The third-order valence-corrected chi connectivity index (χ3v) is 4.79. The predicted molar refractivity (Wildman–Crippen MR) is 84.0 cm³/mol. The van der Waals surface area contributed by atoms with Crippen molar-refractivity contribution in [3.8, 4) is 0 Å². The van der Waals surface area contributed by atoms with Gasteiger partial charge in [-0.3, -0.25) is 0 Å². The van der Waals surface area contributed by atoms with Crippen molar-refractivity contribution in [2.24, 2.45) is 17.8 Å². The summed E-state index contributed by atoms with van der Waals surface area (Å²) in [6, 6.07) is 0.780. The van der Waals surface area contributed by atoms with E-state index in [4.69, 9.17) is 0 Å². The molecule has 110 valence electrons. The average Bonchev–Trinajstić information content (AvgIpc) is 2.35. The van der Waals surface area contributed by atoms with Crippen molar-refractivity contribution in [3.05, 3.63) is 0 Å². The molecule has 0 fully saturated rings. The zero-order chi connectivity index (χ0) is 14.1. The average molecular weight is 255 g/mol. The summed E-state index contributed by atoms with van der Waals surface area (Å²) < 4.78 is 0. The Balaban J connectivity index is 4.30. The maximum Gasteiger partial charge on any atom is 0.0118 e. The minimum atomic E-state index is 0.780. The number of hydrogen-bond donors (Lipinski definition) is 0. The molecule has 0 bridgehead atoms. The highest BCUT2D eigenvalue weighted by Crippen LogP contribution is 2.24. The maximum atomic E-state index is 2.62. The number of hydrogen-bond acceptors (Lipinski definition) is 1. The van der Waals surface area contributed by atoms with Crippen LogP contribution < -0.4 is 0 Å². The molecule has 0 aromatic rings. The molecule has 0 N–H and O–H groups in total. The molecule has 0 amide bonds. The molecule has 0 saturated heterocycles. The minimum Gasteiger partial charge on any atom is -0.303 e. The van der Waals surface area contributed by atoms with Crippen molar-refractivity contribution in [2.75, 3.05) is 13.6 Å². The first kappa shape index (κ1) is 18.0.